The zero-order chi connectivity index (χ0) is 12.3. The van der Waals surface area contributed by atoms with Crippen molar-refractivity contribution >= 4 is 28.4 Å². The van der Waals surface area contributed by atoms with Crippen LogP contribution in [0.3, 0.4) is 0 Å². The Morgan fingerprint density at radius 2 is 2.24 bits per heavy atom. The number of aliphatic hydroxyl groups is 1. The summed E-state index contributed by atoms with van der Waals surface area (Å²) in [4.78, 5) is 20.5. The van der Waals surface area contributed by atoms with Crippen molar-refractivity contribution in [1.82, 2.24) is 9.97 Å². The van der Waals surface area contributed by atoms with Crippen LogP contribution in [0.25, 0.3) is 0 Å². The molecular weight excluding hydrogens is 333 g/mol. The Morgan fingerprint density at radius 3 is 2.88 bits per heavy atom. The molecule has 1 aromatic heterocycles. The van der Waals surface area contributed by atoms with Crippen LogP contribution in [0, 0.1) is 3.57 Å². The minimum absolute atomic E-state index is 0.0844. The maximum atomic E-state index is 11.6. The highest BCUT2D eigenvalue weighted by molar-refractivity contribution is 14.1. The lowest BCUT2D eigenvalue weighted by Crippen LogP contribution is -2.38. The molecule has 0 aromatic carbocycles. The van der Waals surface area contributed by atoms with E-state index in [1.165, 1.54) is 19.2 Å². The highest BCUT2D eigenvalue weighted by Crippen LogP contribution is 2.28. The van der Waals surface area contributed by atoms with Gasteiger partial charge in [-0.3, -0.25) is 4.79 Å². The second kappa shape index (κ2) is 5.81. The number of H-pyrrole nitrogens is 1. The minimum Gasteiger partial charge on any atom is -0.395 e. The van der Waals surface area contributed by atoms with Gasteiger partial charge in [0.2, 0.25) is 0 Å². The summed E-state index contributed by atoms with van der Waals surface area (Å²) in [5.74, 6) is 0.704. The highest BCUT2D eigenvalue weighted by atomic mass is 127. The molecule has 0 spiro atoms. The number of rotatable bonds is 4. The fraction of sp³-hybridized carbons (Fsp3) is 0.636. The molecule has 0 atom stereocenters. The largest absolute Gasteiger partial charge is 0.395 e. The van der Waals surface area contributed by atoms with Gasteiger partial charge in [-0.15, -0.1) is 0 Å². The first-order chi connectivity index (χ1) is 8.24. The van der Waals surface area contributed by atoms with E-state index in [0.717, 1.165) is 12.8 Å². The highest BCUT2D eigenvalue weighted by Gasteiger charge is 2.25. The lowest BCUT2D eigenvalue weighted by molar-refractivity contribution is 0.296. The number of nitrogens with one attached hydrogen (secondary N) is 1. The summed E-state index contributed by atoms with van der Waals surface area (Å²) in [6.07, 6.45) is 6.09. The van der Waals surface area contributed by atoms with Gasteiger partial charge in [0.05, 0.1) is 12.9 Å². The van der Waals surface area contributed by atoms with Gasteiger partial charge in [-0.2, -0.15) is 0 Å². The third-order valence-corrected chi connectivity index (χ3v) is 4.13. The van der Waals surface area contributed by atoms with Crippen LogP contribution in [-0.2, 0) is 0 Å². The molecular formula is C11H16IN3O2. The Morgan fingerprint density at radius 1 is 1.53 bits per heavy atom. The zero-order valence-electron chi connectivity index (χ0n) is 9.53. The molecule has 1 saturated carbocycles. The number of hydrogen-bond donors (Lipinski definition) is 2. The van der Waals surface area contributed by atoms with Crippen molar-refractivity contribution in [3.05, 3.63) is 20.3 Å². The molecule has 17 heavy (non-hydrogen) atoms. The normalized spacial score (nSPS) is 16.4. The first-order valence-electron chi connectivity index (χ1n) is 5.84. The van der Waals surface area contributed by atoms with E-state index in [2.05, 4.69) is 14.9 Å². The maximum absolute atomic E-state index is 11.6. The molecule has 1 fully saturated rings. The van der Waals surface area contributed by atoms with E-state index < -0.39 is 0 Å². The summed E-state index contributed by atoms with van der Waals surface area (Å²) in [6.45, 7) is 0.623. The Hall–Kier alpha value is -0.630. The number of hydrogen-bond acceptors (Lipinski definition) is 4. The molecule has 2 N–H and O–H groups in total. The smallest absolute Gasteiger partial charge is 0.266 e. The van der Waals surface area contributed by atoms with Gasteiger partial charge in [0.1, 0.15) is 9.39 Å². The number of halogens is 1. The van der Waals surface area contributed by atoms with Crippen LogP contribution >= 0.6 is 22.6 Å². The van der Waals surface area contributed by atoms with Crippen molar-refractivity contribution in [3.8, 4) is 0 Å². The summed E-state index contributed by atoms with van der Waals surface area (Å²) in [5, 5.41) is 9.16. The van der Waals surface area contributed by atoms with Crippen LogP contribution in [0.2, 0.25) is 0 Å². The minimum atomic E-state index is -0.114. The van der Waals surface area contributed by atoms with E-state index in [4.69, 9.17) is 5.11 Å². The molecule has 0 amide bonds. The number of aromatic amines is 1. The van der Waals surface area contributed by atoms with Gasteiger partial charge in [-0.1, -0.05) is 12.8 Å². The van der Waals surface area contributed by atoms with E-state index in [1.54, 1.807) is 0 Å². The van der Waals surface area contributed by atoms with Gasteiger partial charge in [-0.25, -0.2) is 4.98 Å². The Bertz CT molecular complexity index is 429. The van der Waals surface area contributed by atoms with E-state index in [1.807, 2.05) is 22.6 Å². The number of nitrogens with zero attached hydrogens (tertiary/aromatic N) is 2. The standard InChI is InChI=1S/C11H16IN3O2/c12-9-10(13-7-14-11(9)17)15(5-6-16)8-3-1-2-4-8/h7-8,16H,1-6H2,(H,13,14,17). The number of aromatic nitrogens is 2. The summed E-state index contributed by atoms with van der Waals surface area (Å²) in [6, 6.07) is 0.407. The van der Waals surface area contributed by atoms with Gasteiger partial charge in [0, 0.05) is 12.6 Å². The molecule has 0 bridgehead atoms. The topological polar surface area (TPSA) is 69.2 Å². The van der Waals surface area contributed by atoms with Gasteiger partial charge in [-0.05, 0) is 35.4 Å². The Labute approximate surface area is 113 Å². The molecule has 6 heteroatoms. The third-order valence-electron chi connectivity index (χ3n) is 3.16. The molecule has 94 valence electrons. The third kappa shape index (κ3) is 2.79. The average Bonchev–Trinajstić information content (AvgIpc) is 2.84. The van der Waals surface area contributed by atoms with Crippen molar-refractivity contribution in [3.63, 3.8) is 0 Å². The van der Waals surface area contributed by atoms with E-state index >= 15 is 0 Å². The molecule has 1 aliphatic carbocycles. The fourth-order valence-electron chi connectivity index (χ4n) is 2.36. The van der Waals surface area contributed by atoms with Crippen LogP contribution in [0.1, 0.15) is 25.7 Å². The summed E-state index contributed by atoms with van der Waals surface area (Å²) in [7, 11) is 0. The molecule has 5 nitrogen and oxygen atoms in total. The summed E-state index contributed by atoms with van der Waals surface area (Å²) in [5.41, 5.74) is -0.114. The Balaban J connectivity index is 2.31. The monoisotopic (exact) mass is 349 g/mol. The molecule has 0 unspecified atom stereocenters. The van der Waals surface area contributed by atoms with Crippen molar-refractivity contribution in [1.29, 1.82) is 0 Å². The number of aliphatic hydroxyl groups excluding tert-OH is 1. The average molecular weight is 349 g/mol. The maximum Gasteiger partial charge on any atom is 0.266 e. The molecule has 2 rings (SSSR count). The molecule has 0 saturated heterocycles. The summed E-state index contributed by atoms with van der Waals surface area (Å²) < 4.78 is 0.602. The molecule has 1 aromatic rings. The molecule has 1 aliphatic rings. The predicted molar refractivity (Wildman–Crippen MR) is 74.3 cm³/mol. The van der Waals surface area contributed by atoms with Crippen LogP contribution in [0.15, 0.2) is 11.1 Å². The molecule has 0 aliphatic heterocycles. The SMILES string of the molecule is O=c1[nH]cnc(N(CCO)C2CCCC2)c1I. The first kappa shape index (κ1) is 12.8. The lowest BCUT2D eigenvalue weighted by Gasteiger charge is -2.29. The molecule has 1 heterocycles. The first-order valence-corrected chi connectivity index (χ1v) is 6.92. The lowest BCUT2D eigenvalue weighted by atomic mass is 10.2. The number of anilines is 1. The summed E-state index contributed by atoms with van der Waals surface area (Å²) >= 11 is 2.02. The van der Waals surface area contributed by atoms with Crippen molar-refractivity contribution < 1.29 is 5.11 Å². The van der Waals surface area contributed by atoms with Crippen LogP contribution in [-0.4, -0.2) is 34.3 Å². The van der Waals surface area contributed by atoms with E-state index in [9.17, 15) is 4.79 Å². The zero-order valence-corrected chi connectivity index (χ0v) is 11.7. The van der Waals surface area contributed by atoms with E-state index in [0.29, 0.717) is 22.0 Å². The molecule has 0 radical (unpaired) electrons. The van der Waals surface area contributed by atoms with Gasteiger partial charge < -0.3 is 15.0 Å². The van der Waals surface area contributed by atoms with Crippen LogP contribution in [0.5, 0.6) is 0 Å². The van der Waals surface area contributed by atoms with Gasteiger partial charge in [0.15, 0.2) is 0 Å². The second-order valence-corrected chi connectivity index (χ2v) is 5.30. The van der Waals surface area contributed by atoms with E-state index in [-0.39, 0.29) is 12.2 Å². The second-order valence-electron chi connectivity index (χ2n) is 4.22. The van der Waals surface area contributed by atoms with Crippen molar-refractivity contribution in [2.24, 2.45) is 0 Å². The van der Waals surface area contributed by atoms with Gasteiger partial charge >= 0.3 is 0 Å². The van der Waals surface area contributed by atoms with Crippen LogP contribution < -0.4 is 10.5 Å². The van der Waals surface area contributed by atoms with Crippen molar-refractivity contribution in [2.75, 3.05) is 18.1 Å². The van der Waals surface area contributed by atoms with Gasteiger partial charge in [0.25, 0.3) is 5.56 Å². The predicted octanol–water partition coefficient (Wildman–Crippen LogP) is 1.12. The van der Waals surface area contributed by atoms with Crippen LogP contribution in [0.4, 0.5) is 5.82 Å². The fourth-order valence-corrected chi connectivity index (χ4v) is 2.96. The quantitative estimate of drug-likeness (QED) is 0.800. The van der Waals surface area contributed by atoms with Crippen molar-refractivity contribution in [2.45, 2.75) is 31.7 Å². The Kier molecular flexibility index (Phi) is 4.38.